The lowest BCUT2D eigenvalue weighted by Crippen LogP contribution is -2.29. The molecule has 2 heterocycles. The number of thioether (sulfide) groups is 1. The Morgan fingerprint density at radius 2 is 1.96 bits per heavy atom. The minimum Gasteiger partial charge on any atom is -0.506 e. The van der Waals surface area contributed by atoms with E-state index in [9.17, 15) is 18.3 Å². The molecule has 3 rings (SSSR count). The molecule has 126 valence electrons. The van der Waals surface area contributed by atoms with Crippen LogP contribution in [-0.4, -0.2) is 21.2 Å². The zero-order valence-electron chi connectivity index (χ0n) is 12.9. The number of fused-ring (bicyclic) bond motifs is 1. The Bertz CT molecular complexity index is 816. The van der Waals surface area contributed by atoms with Gasteiger partial charge in [-0.05, 0) is 62.0 Å². The highest BCUT2D eigenvalue weighted by atomic mass is 32.2. The summed E-state index contributed by atoms with van der Waals surface area (Å²) in [5.41, 5.74) is -3.73. The maximum Gasteiger partial charge on any atom is 0.446 e. The number of halogens is 3. The zero-order chi connectivity index (χ0) is 17.5. The van der Waals surface area contributed by atoms with Gasteiger partial charge in [-0.1, -0.05) is 0 Å². The molecule has 24 heavy (non-hydrogen) atoms. The largest absolute Gasteiger partial charge is 0.506 e. The Kier molecular flexibility index (Phi) is 3.99. The fourth-order valence-electron chi connectivity index (χ4n) is 2.54. The van der Waals surface area contributed by atoms with Gasteiger partial charge in [0, 0.05) is 22.2 Å². The first-order chi connectivity index (χ1) is 11.1. The average molecular weight is 353 g/mol. The number of aromatic nitrogens is 1. The molecule has 0 aliphatic carbocycles. The summed E-state index contributed by atoms with van der Waals surface area (Å²) >= 11 is -0.191. The number of ether oxygens (including phenoxy) is 1. The Morgan fingerprint density at radius 1 is 1.21 bits per heavy atom. The van der Waals surface area contributed by atoms with Crippen LogP contribution in [0, 0.1) is 0 Å². The number of benzene rings is 1. The highest BCUT2D eigenvalue weighted by molar-refractivity contribution is 8.00. The molecule has 7 heteroatoms. The van der Waals surface area contributed by atoms with Crippen LogP contribution in [0.15, 0.2) is 47.5 Å². The quantitative estimate of drug-likeness (QED) is 0.772. The zero-order valence-corrected chi connectivity index (χ0v) is 13.7. The molecule has 3 nitrogen and oxygen atoms in total. The number of hydrogen-bond acceptors (Lipinski definition) is 4. The van der Waals surface area contributed by atoms with Gasteiger partial charge in [0.25, 0.3) is 0 Å². The Labute approximate surface area is 141 Å². The molecule has 1 aliphatic rings. The molecule has 1 aromatic carbocycles. The van der Waals surface area contributed by atoms with Crippen molar-refractivity contribution in [3.05, 3.63) is 53.9 Å². The van der Waals surface area contributed by atoms with Crippen LogP contribution in [0.5, 0.6) is 11.5 Å². The molecule has 1 aliphatic heterocycles. The lowest BCUT2D eigenvalue weighted by molar-refractivity contribution is -0.0328. The first-order valence-electron chi connectivity index (χ1n) is 7.11. The normalized spacial score (nSPS) is 16.1. The van der Waals surface area contributed by atoms with Gasteiger partial charge in [0.15, 0.2) is 0 Å². The van der Waals surface area contributed by atoms with Crippen molar-refractivity contribution in [2.75, 3.05) is 0 Å². The molecule has 0 saturated carbocycles. The van der Waals surface area contributed by atoms with E-state index in [1.807, 2.05) is 13.8 Å². The molecular formula is C17H14F3NO2S. The molecule has 0 unspecified atom stereocenters. The number of hydrogen-bond donors (Lipinski definition) is 1. The van der Waals surface area contributed by atoms with E-state index >= 15 is 0 Å². The van der Waals surface area contributed by atoms with Crippen molar-refractivity contribution >= 4 is 17.3 Å². The van der Waals surface area contributed by atoms with Crippen LogP contribution in [0.2, 0.25) is 0 Å². The van der Waals surface area contributed by atoms with E-state index in [-0.39, 0.29) is 22.4 Å². The molecule has 0 bridgehead atoms. The Balaban J connectivity index is 2.14. The van der Waals surface area contributed by atoms with E-state index in [2.05, 4.69) is 4.98 Å². The van der Waals surface area contributed by atoms with Crippen LogP contribution >= 0.6 is 11.8 Å². The minimum absolute atomic E-state index is 0.0405. The van der Waals surface area contributed by atoms with E-state index in [1.165, 1.54) is 30.5 Å². The van der Waals surface area contributed by atoms with Gasteiger partial charge in [0.2, 0.25) is 0 Å². The lowest BCUT2D eigenvalue weighted by Gasteiger charge is -2.31. The van der Waals surface area contributed by atoms with Crippen LogP contribution in [-0.2, 0) is 0 Å². The van der Waals surface area contributed by atoms with Crippen molar-refractivity contribution < 1.29 is 23.0 Å². The summed E-state index contributed by atoms with van der Waals surface area (Å²) in [7, 11) is 0. The van der Waals surface area contributed by atoms with Crippen LogP contribution in [0.3, 0.4) is 0 Å². The van der Waals surface area contributed by atoms with Crippen LogP contribution in [0.1, 0.15) is 25.1 Å². The minimum atomic E-state index is -4.37. The van der Waals surface area contributed by atoms with Gasteiger partial charge in [-0.15, -0.1) is 0 Å². The van der Waals surface area contributed by atoms with Crippen molar-refractivity contribution in [2.24, 2.45) is 0 Å². The molecule has 0 atom stereocenters. The molecular weight excluding hydrogens is 339 g/mol. The highest BCUT2D eigenvalue weighted by Crippen LogP contribution is 2.44. The third-order valence-electron chi connectivity index (χ3n) is 3.38. The van der Waals surface area contributed by atoms with Crippen molar-refractivity contribution in [2.45, 2.75) is 29.9 Å². The molecule has 2 aromatic rings. The summed E-state index contributed by atoms with van der Waals surface area (Å²) in [6, 6.07) is 7.36. The van der Waals surface area contributed by atoms with Crippen LogP contribution in [0.25, 0.3) is 5.57 Å². The summed E-state index contributed by atoms with van der Waals surface area (Å²) in [6.07, 6.45) is 3.27. The Morgan fingerprint density at radius 3 is 2.62 bits per heavy atom. The topological polar surface area (TPSA) is 42.4 Å². The molecule has 0 radical (unpaired) electrons. The van der Waals surface area contributed by atoms with Gasteiger partial charge in [0.05, 0.1) is 0 Å². The van der Waals surface area contributed by atoms with E-state index in [0.29, 0.717) is 22.6 Å². The van der Waals surface area contributed by atoms with Gasteiger partial charge < -0.3 is 9.84 Å². The number of alkyl halides is 3. The predicted octanol–water partition coefficient (Wildman–Crippen LogP) is 5.00. The predicted molar refractivity (Wildman–Crippen MR) is 86.0 cm³/mol. The summed E-state index contributed by atoms with van der Waals surface area (Å²) in [4.78, 5) is 4.21. The van der Waals surface area contributed by atoms with E-state index in [1.54, 1.807) is 12.1 Å². The monoisotopic (exact) mass is 353 g/mol. The third kappa shape index (κ3) is 3.51. The first-order valence-corrected chi connectivity index (χ1v) is 7.93. The highest BCUT2D eigenvalue weighted by Gasteiger charge is 2.32. The maximum atomic E-state index is 12.6. The lowest BCUT2D eigenvalue weighted by atomic mass is 9.92. The molecule has 0 amide bonds. The molecule has 1 aromatic heterocycles. The van der Waals surface area contributed by atoms with Crippen molar-refractivity contribution in [1.29, 1.82) is 0 Å². The second kappa shape index (κ2) is 5.73. The fraction of sp³-hybridized carbons (Fsp3) is 0.235. The standard InChI is InChI=1S/C17H14F3NO2S/c1-16(2)9-12(15-13(22)4-3-7-21-15)11-8-10(24-17(18,19)20)5-6-14(11)23-16/h3-9,22H,1-2H3. The number of aromatic hydroxyl groups is 1. The van der Waals surface area contributed by atoms with Crippen molar-refractivity contribution in [3.8, 4) is 11.5 Å². The van der Waals surface area contributed by atoms with Gasteiger partial charge in [0.1, 0.15) is 22.8 Å². The third-order valence-corrected chi connectivity index (χ3v) is 4.10. The average Bonchev–Trinajstić information content (AvgIpc) is 2.45. The summed E-state index contributed by atoms with van der Waals surface area (Å²) < 4.78 is 43.8. The summed E-state index contributed by atoms with van der Waals surface area (Å²) in [5, 5.41) is 10.1. The van der Waals surface area contributed by atoms with Gasteiger partial charge in [-0.2, -0.15) is 13.2 Å². The van der Waals surface area contributed by atoms with Crippen molar-refractivity contribution in [1.82, 2.24) is 4.98 Å². The molecule has 0 fully saturated rings. The Hall–Kier alpha value is -2.15. The second-order valence-electron chi connectivity index (χ2n) is 5.84. The van der Waals surface area contributed by atoms with Crippen molar-refractivity contribution in [3.63, 3.8) is 0 Å². The van der Waals surface area contributed by atoms with Gasteiger partial charge in [-0.3, -0.25) is 4.98 Å². The maximum absolute atomic E-state index is 12.6. The smallest absolute Gasteiger partial charge is 0.446 e. The summed E-state index contributed by atoms with van der Waals surface area (Å²) in [6.45, 7) is 3.66. The second-order valence-corrected chi connectivity index (χ2v) is 6.98. The molecule has 0 saturated heterocycles. The first kappa shape index (κ1) is 16.7. The fourth-order valence-corrected chi connectivity index (χ4v) is 3.12. The molecule has 0 spiro atoms. The molecule has 1 N–H and O–H groups in total. The van der Waals surface area contributed by atoms with Crippen LogP contribution < -0.4 is 4.74 Å². The van der Waals surface area contributed by atoms with Gasteiger partial charge in [-0.25, -0.2) is 0 Å². The van der Waals surface area contributed by atoms with E-state index < -0.39 is 11.1 Å². The number of pyridine rings is 1. The summed E-state index contributed by atoms with van der Waals surface area (Å²) in [5.74, 6) is 0.412. The number of nitrogens with zero attached hydrogens (tertiary/aromatic N) is 1. The van der Waals surface area contributed by atoms with E-state index in [0.717, 1.165) is 0 Å². The SMILES string of the molecule is CC1(C)C=C(c2ncccc2O)c2cc(SC(F)(F)F)ccc2O1. The van der Waals surface area contributed by atoms with Crippen LogP contribution in [0.4, 0.5) is 13.2 Å². The van der Waals surface area contributed by atoms with Gasteiger partial charge >= 0.3 is 5.51 Å². The number of rotatable bonds is 2. The van der Waals surface area contributed by atoms with E-state index in [4.69, 9.17) is 4.74 Å².